The van der Waals surface area contributed by atoms with Crippen molar-refractivity contribution in [3.63, 3.8) is 0 Å². The predicted molar refractivity (Wildman–Crippen MR) is 89.4 cm³/mol. The molecule has 0 radical (unpaired) electrons. The summed E-state index contributed by atoms with van der Waals surface area (Å²) in [6.45, 7) is 2.92. The number of hydrogen-bond donors (Lipinski definition) is 1. The molecule has 0 atom stereocenters. The molecule has 0 aromatic heterocycles. The second-order valence-corrected chi connectivity index (χ2v) is 7.70. The zero-order chi connectivity index (χ0) is 16.6. The van der Waals surface area contributed by atoms with Crippen LogP contribution in [0.5, 0.6) is 0 Å². The molecule has 5 heteroatoms. The quantitative estimate of drug-likeness (QED) is 0.903. The number of nitrogens with zero attached hydrogens (tertiary/aromatic N) is 1. The summed E-state index contributed by atoms with van der Waals surface area (Å²) in [6, 6.07) is 7.04. The van der Waals surface area contributed by atoms with Gasteiger partial charge in [-0.1, -0.05) is 18.6 Å². The van der Waals surface area contributed by atoms with Gasteiger partial charge in [-0.15, -0.1) is 0 Å². The Kier molecular flexibility index (Phi) is 4.21. The molecule has 1 spiro atoms. The fourth-order valence-corrected chi connectivity index (χ4v) is 4.18. The highest BCUT2D eigenvalue weighted by Crippen LogP contribution is 2.43. The second-order valence-electron chi connectivity index (χ2n) is 7.70. The van der Waals surface area contributed by atoms with Crippen molar-refractivity contribution in [1.29, 1.82) is 0 Å². The van der Waals surface area contributed by atoms with Crippen LogP contribution < -0.4 is 5.32 Å². The first-order valence-corrected chi connectivity index (χ1v) is 9.02. The van der Waals surface area contributed by atoms with E-state index in [1.807, 2.05) is 11.0 Å². The Hall–Kier alpha value is -1.62. The number of benzene rings is 1. The fourth-order valence-electron chi connectivity index (χ4n) is 4.18. The summed E-state index contributed by atoms with van der Waals surface area (Å²) in [5.74, 6) is 0.173. The maximum atomic E-state index is 13.3. The summed E-state index contributed by atoms with van der Waals surface area (Å²) in [6.07, 6.45) is 5.37. The molecule has 1 N–H and O–H groups in total. The SMILES string of the molecule is O=C(NC1CC(c2cccc(F)c2)C1)N1CCOCC2(CCC2)C1. The minimum absolute atomic E-state index is 0.0365. The van der Waals surface area contributed by atoms with Gasteiger partial charge in [0.05, 0.1) is 13.2 Å². The molecular weight excluding hydrogens is 307 g/mol. The van der Waals surface area contributed by atoms with Crippen molar-refractivity contribution in [1.82, 2.24) is 10.2 Å². The molecular formula is C19H25FN2O2. The van der Waals surface area contributed by atoms with Crippen molar-refractivity contribution < 1.29 is 13.9 Å². The summed E-state index contributed by atoms with van der Waals surface area (Å²) in [7, 11) is 0. The van der Waals surface area contributed by atoms with Gasteiger partial charge in [0.1, 0.15) is 5.82 Å². The van der Waals surface area contributed by atoms with Gasteiger partial charge >= 0.3 is 6.03 Å². The molecule has 4 rings (SSSR count). The minimum atomic E-state index is -0.185. The number of amides is 2. The standard InChI is InChI=1S/C19H25FN2O2/c20-16-4-1-3-14(9-16)15-10-17(11-15)21-18(23)22-7-8-24-13-19(12-22)5-2-6-19/h1,3-4,9,15,17H,2,5-8,10-13H2,(H,21,23). The van der Waals surface area contributed by atoms with Crippen LogP contribution in [-0.4, -0.2) is 43.3 Å². The number of rotatable bonds is 2. The van der Waals surface area contributed by atoms with Crippen molar-refractivity contribution in [2.45, 2.75) is 44.1 Å². The van der Waals surface area contributed by atoms with Gasteiger partial charge in [0.15, 0.2) is 0 Å². The van der Waals surface area contributed by atoms with Gasteiger partial charge in [0, 0.05) is 24.5 Å². The lowest BCUT2D eigenvalue weighted by Gasteiger charge is -2.43. The maximum Gasteiger partial charge on any atom is 0.317 e. The summed E-state index contributed by atoms with van der Waals surface area (Å²) in [5.41, 5.74) is 1.24. The Morgan fingerprint density at radius 3 is 2.88 bits per heavy atom. The molecule has 1 aromatic carbocycles. The molecule has 1 aromatic rings. The highest BCUT2D eigenvalue weighted by atomic mass is 19.1. The summed E-state index contributed by atoms with van der Waals surface area (Å²) >= 11 is 0. The van der Waals surface area contributed by atoms with Crippen molar-refractivity contribution in [3.8, 4) is 0 Å². The second kappa shape index (κ2) is 6.36. The fraction of sp³-hybridized carbons (Fsp3) is 0.632. The highest BCUT2D eigenvalue weighted by Gasteiger charge is 2.42. The highest BCUT2D eigenvalue weighted by molar-refractivity contribution is 5.74. The number of ether oxygens (including phenoxy) is 1. The van der Waals surface area contributed by atoms with Crippen LogP contribution in [0.2, 0.25) is 0 Å². The third-order valence-corrected chi connectivity index (χ3v) is 5.93. The van der Waals surface area contributed by atoms with E-state index in [2.05, 4.69) is 5.32 Å². The smallest absolute Gasteiger partial charge is 0.317 e. The van der Waals surface area contributed by atoms with Crippen LogP contribution >= 0.6 is 0 Å². The molecule has 2 amide bonds. The van der Waals surface area contributed by atoms with Gasteiger partial charge in [-0.3, -0.25) is 0 Å². The van der Waals surface area contributed by atoms with Crippen LogP contribution in [0, 0.1) is 11.2 Å². The summed E-state index contributed by atoms with van der Waals surface area (Å²) in [4.78, 5) is 14.5. The molecule has 1 saturated heterocycles. The van der Waals surface area contributed by atoms with E-state index in [4.69, 9.17) is 4.74 Å². The number of urea groups is 1. The average molecular weight is 332 g/mol. The first-order valence-electron chi connectivity index (χ1n) is 9.02. The van der Waals surface area contributed by atoms with Gasteiger partial charge < -0.3 is 15.0 Å². The van der Waals surface area contributed by atoms with E-state index in [0.29, 0.717) is 19.1 Å². The van der Waals surface area contributed by atoms with E-state index < -0.39 is 0 Å². The van der Waals surface area contributed by atoms with Crippen molar-refractivity contribution in [2.75, 3.05) is 26.3 Å². The molecule has 24 heavy (non-hydrogen) atoms. The third-order valence-electron chi connectivity index (χ3n) is 5.93. The predicted octanol–water partition coefficient (Wildman–Crippen LogP) is 3.28. The van der Waals surface area contributed by atoms with Gasteiger partial charge in [0.25, 0.3) is 0 Å². The molecule has 0 bridgehead atoms. The van der Waals surface area contributed by atoms with Crippen LogP contribution in [-0.2, 0) is 4.74 Å². The van der Waals surface area contributed by atoms with E-state index in [-0.39, 0.29) is 23.3 Å². The monoisotopic (exact) mass is 332 g/mol. The van der Waals surface area contributed by atoms with Crippen LogP contribution in [0.4, 0.5) is 9.18 Å². The zero-order valence-corrected chi connectivity index (χ0v) is 14.0. The Morgan fingerprint density at radius 2 is 2.17 bits per heavy atom. The van der Waals surface area contributed by atoms with Crippen LogP contribution in [0.1, 0.15) is 43.6 Å². The Balaban J connectivity index is 1.29. The van der Waals surface area contributed by atoms with E-state index in [0.717, 1.165) is 31.6 Å². The lowest BCUT2D eigenvalue weighted by Crippen LogP contribution is -2.53. The molecule has 3 aliphatic rings. The molecule has 130 valence electrons. The first kappa shape index (κ1) is 15.9. The van der Waals surface area contributed by atoms with Crippen LogP contribution in [0.15, 0.2) is 24.3 Å². The summed E-state index contributed by atoms with van der Waals surface area (Å²) < 4.78 is 19.0. The number of hydrogen-bond acceptors (Lipinski definition) is 2. The lowest BCUT2D eigenvalue weighted by atomic mass is 9.69. The van der Waals surface area contributed by atoms with Gasteiger partial charge in [-0.25, -0.2) is 9.18 Å². The number of carbonyl (C=O) groups is 1. The Morgan fingerprint density at radius 1 is 1.33 bits per heavy atom. The lowest BCUT2D eigenvalue weighted by molar-refractivity contribution is 0.0125. The Labute approximate surface area is 142 Å². The topological polar surface area (TPSA) is 41.6 Å². The van der Waals surface area contributed by atoms with Crippen LogP contribution in [0.3, 0.4) is 0 Å². The van der Waals surface area contributed by atoms with Gasteiger partial charge in [-0.2, -0.15) is 0 Å². The molecule has 1 heterocycles. The largest absolute Gasteiger partial charge is 0.379 e. The van der Waals surface area contributed by atoms with E-state index in [1.54, 1.807) is 12.1 Å². The molecule has 2 saturated carbocycles. The molecule has 2 aliphatic carbocycles. The van der Waals surface area contributed by atoms with Crippen molar-refractivity contribution in [2.24, 2.45) is 5.41 Å². The number of halogens is 1. The minimum Gasteiger partial charge on any atom is -0.379 e. The number of carbonyl (C=O) groups excluding carboxylic acids is 1. The van der Waals surface area contributed by atoms with Crippen molar-refractivity contribution >= 4 is 6.03 Å². The zero-order valence-electron chi connectivity index (χ0n) is 14.0. The van der Waals surface area contributed by atoms with E-state index in [9.17, 15) is 9.18 Å². The molecule has 1 aliphatic heterocycles. The van der Waals surface area contributed by atoms with Crippen molar-refractivity contribution in [3.05, 3.63) is 35.6 Å². The molecule has 4 nitrogen and oxygen atoms in total. The van der Waals surface area contributed by atoms with Gasteiger partial charge in [-0.05, 0) is 49.3 Å². The van der Waals surface area contributed by atoms with E-state index >= 15 is 0 Å². The third kappa shape index (κ3) is 3.14. The van der Waals surface area contributed by atoms with Gasteiger partial charge in [0.2, 0.25) is 0 Å². The first-order chi connectivity index (χ1) is 11.6. The molecule has 3 fully saturated rings. The average Bonchev–Trinajstić information content (AvgIpc) is 2.73. The number of nitrogens with one attached hydrogen (secondary N) is 1. The van der Waals surface area contributed by atoms with Crippen LogP contribution in [0.25, 0.3) is 0 Å². The maximum absolute atomic E-state index is 13.3. The van der Waals surface area contributed by atoms with E-state index in [1.165, 1.54) is 25.3 Å². The Bertz CT molecular complexity index is 611. The summed E-state index contributed by atoms with van der Waals surface area (Å²) in [5, 5.41) is 3.15. The normalized spacial score (nSPS) is 28.6. The molecule has 0 unspecified atom stereocenters.